The van der Waals surface area contributed by atoms with E-state index < -0.39 is 0 Å². The molecule has 0 aromatic heterocycles. The first-order valence-corrected chi connectivity index (χ1v) is 4.50. The second-order valence-corrected chi connectivity index (χ2v) is 2.97. The molecule has 0 fully saturated rings. The van der Waals surface area contributed by atoms with E-state index in [2.05, 4.69) is 4.74 Å². The molecule has 2 nitrogen and oxygen atoms in total. The molecule has 0 amide bonds. The van der Waals surface area contributed by atoms with Gasteiger partial charge in [0.15, 0.2) is 0 Å². The maximum atomic E-state index is 10.9. The van der Waals surface area contributed by atoms with Crippen LogP contribution in [0.5, 0.6) is 0 Å². The van der Waals surface area contributed by atoms with E-state index in [-0.39, 0.29) is 5.97 Å². The van der Waals surface area contributed by atoms with Gasteiger partial charge in [-0.2, -0.15) is 0 Å². The topological polar surface area (TPSA) is 26.3 Å². The van der Waals surface area contributed by atoms with E-state index in [1.165, 1.54) is 7.11 Å². The third-order valence-electron chi connectivity index (χ3n) is 1.75. The van der Waals surface area contributed by atoms with Crippen LogP contribution >= 0.6 is 11.6 Å². The lowest BCUT2D eigenvalue weighted by molar-refractivity contribution is -0.139. The lowest BCUT2D eigenvalue weighted by Crippen LogP contribution is -2.04. The first-order chi connectivity index (χ1) is 6.26. The Bertz CT molecular complexity index is 279. The summed E-state index contributed by atoms with van der Waals surface area (Å²) in [6.07, 6.45) is 0.319. The predicted octanol–water partition coefficient (Wildman–Crippen LogP) is 2.14. The highest BCUT2D eigenvalue weighted by Gasteiger charge is 2.01. The average molecular weight is 199 g/mol. The second-order valence-electron chi connectivity index (χ2n) is 2.70. The van der Waals surface area contributed by atoms with E-state index >= 15 is 0 Å². The number of hydrogen-bond acceptors (Lipinski definition) is 2. The summed E-state index contributed by atoms with van der Waals surface area (Å²) in [5, 5.41) is 0. The standard InChI is InChI=1S/C10H11ClO2/c1-13-10(12)6-8-2-4-9(7-11)5-3-8/h2-5H,6-7H2,1H3. The van der Waals surface area contributed by atoms with Gasteiger partial charge in [0.2, 0.25) is 0 Å². The highest BCUT2D eigenvalue weighted by Crippen LogP contribution is 2.07. The molecule has 0 aliphatic rings. The van der Waals surface area contributed by atoms with Gasteiger partial charge >= 0.3 is 5.97 Å². The van der Waals surface area contributed by atoms with Gasteiger partial charge in [-0.1, -0.05) is 24.3 Å². The Morgan fingerprint density at radius 2 is 1.85 bits per heavy atom. The molecule has 70 valence electrons. The normalized spacial score (nSPS) is 9.69. The Hall–Kier alpha value is -1.02. The second kappa shape index (κ2) is 4.87. The van der Waals surface area contributed by atoms with Crippen LogP contribution in [0.1, 0.15) is 11.1 Å². The minimum atomic E-state index is -0.223. The number of hydrogen-bond donors (Lipinski definition) is 0. The van der Waals surface area contributed by atoms with Crippen molar-refractivity contribution in [1.82, 2.24) is 0 Å². The molecule has 0 saturated carbocycles. The SMILES string of the molecule is COC(=O)Cc1ccc(CCl)cc1. The predicted molar refractivity (Wildman–Crippen MR) is 51.7 cm³/mol. The van der Waals surface area contributed by atoms with Gasteiger partial charge in [0.05, 0.1) is 13.5 Å². The monoisotopic (exact) mass is 198 g/mol. The van der Waals surface area contributed by atoms with Crippen LogP contribution in [0, 0.1) is 0 Å². The van der Waals surface area contributed by atoms with Gasteiger partial charge in [-0.15, -0.1) is 11.6 Å². The summed E-state index contributed by atoms with van der Waals surface area (Å²) < 4.78 is 4.55. The highest BCUT2D eigenvalue weighted by molar-refractivity contribution is 6.17. The summed E-state index contributed by atoms with van der Waals surface area (Å²) in [4.78, 5) is 10.9. The van der Waals surface area contributed by atoms with E-state index in [1.807, 2.05) is 24.3 Å². The minimum Gasteiger partial charge on any atom is -0.469 e. The number of esters is 1. The molecule has 0 bridgehead atoms. The molecule has 0 heterocycles. The van der Waals surface area contributed by atoms with Gasteiger partial charge in [-0.05, 0) is 11.1 Å². The summed E-state index contributed by atoms with van der Waals surface area (Å²) in [5.74, 6) is 0.275. The van der Waals surface area contributed by atoms with Gasteiger partial charge in [-0.3, -0.25) is 4.79 Å². The van der Waals surface area contributed by atoms with Crippen LogP contribution in [-0.4, -0.2) is 13.1 Å². The average Bonchev–Trinajstić information content (AvgIpc) is 2.19. The molecule has 0 radical (unpaired) electrons. The minimum absolute atomic E-state index is 0.223. The summed E-state index contributed by atoms with van der Waals surface area (Å²) in [6, 6.07) is 7.58. The zero-order chi connectivity index (χ0) is 9.68. The number of carbonyl (C=O) groups is 1. The van der Waals surface area contributed by atoms with Crippen molar-refractivity contribution in [3.8, 4) is 0 Å². The van der Waals surface area contributed by atoms with Crippen LogP contribution in [0.3, 0.4) is 0 Å². The van der Waals surface area contributed by atoms with Gasteiger partial charge < -0.3 is 4.74 Å². The van der Waals surface area contributed by atoms with Gasteiger partial charge in [0.25, 0.3) is 0 Å². The lowest BCUT2D eigenvalue weighted by Gasteiger charge is -2.00. The number of carbonyl (C=O) groups excluding carboxylic acids is 1. The summed E-state index contributed by atoms with van der Waals surface area (Å²) >= 11 is 5.62. The smallest absolute Gasteiger partial charge is 0.309 e. The molecule has 1 aromatic carbocycles. The van der Waals surface area contributed by atoms with E-state index in [0.717, 1.165) is 11.1 Å². The summed E-state index contributed by atoms with van der Waals surface area (Å²) in [5.41, 5.74) is 2.00. The number of alkyl halides is 1. The van der Waals surface area contributed by atoms with Crippen LogP contribution < -0.4 is 0 Å². The number of halogens is 1. The summed E-state index contributed by atoms with van der Waals surface area (Å²) in [6.45, 7) is 0. The van der Waals surface area contributed by atoms with Crippen molar-refractivity contribution in [2.45, 2.75) is 12.3 Å². The Labute approximate surface area is 82.5 Å². The Morgan fingerprint density at radius 1 is 1.31 bits per heavy atom. The Balaban J connectivity index is 2.64. The highest BCUT2D eigenvalue weighted by atomic mass is 35.5. The van der Waals surface area contributed by atoms with Crippen LogP contribution in [0.2, 0.25) is 0 Å². The molecular formula is C10H11ClO2. The van der Waals surface area contributed by atoms with Crippen molar-refractivity contribution < 1.29 is 9.53 Å². The zero-order valence-electron chi connectivity index (χ0n) is 7.42. The van der Waals surface area contributed by atoms with E-state index in [4.69, 9.17) is 11.6 Å². The fourth-order valence-electron chi connectivity index (χ4n) is 0.985. The van der Waals surface area contributed by atoms with Crippen molar-refractivity contribution in [3.63, 3.8) is 0 Å². The quantitative estimate of drug-likeness (QED) is 0.550. The van der Waals surface area contributed by atoms with Crippen LogP contribution in [0.25, 0.3) is 0 Å². The molecule has 3 heteroatoms. The van der Waals surface area contributed by atoms with E-state index in [1.54, 1.807) is 0 Å². The van der Waals surface area contributed by atoms with E-state index in [9.17, 15) is 4.79 Å². The number of ether oxygens (including phenoxy) is 1. The van der Waals surface area contributed by atoms with Crippen molar-refractivity contribution in [3.05, 3.63) is 35.4 Å². The molecule has 0 atom stereocenters. The van der Waals surface area contributed by atoms with Crippen LogP contribution in [0.15, 0.2) is 24.3 Å². The van der Waals surface area contributed by atoms with Crippen molar-refractivity contribution >= 4 is 17.6 Å². The third-order valence-corrected chi connectivity index (χ3v) is 2.06. The molecular weight excluding hydrogens is 188 g/mol. The number of rotatable bonds is 3. The Kier molecular flexibility index (Phi) is 3.77. The van der Waals surface area contributed by atoms with Gasteiger partial charge in [-0.25, -0.2) is 0 Å². The first kappa shape index (κ1) is 10.1. The largest absolute Gasteiger partial charge is 0.469 e. The molecule has 0 N–H and O–H groups in total. The number of benzene rings is 1. The maximum Gasteiger partial charge on any atom is 0.309 e. The molecule has 0 spiro atoms. The van der Waals surface area contributed by atoms with Gasteiger partial charge in [0, 0.05) is 5.88 Å². The molecule has 0 aliphatic carbocycles. The lowest BCUT2D eigenvalue weighted by atomic mass is 10.1. The van der Waals surface area contributed by atoms with Gasteiger partial charge in [0.1, 0.15) is 0 Å². The van der Waals surface area contributed by atoms with Crippen molar-refractivity contribution in [2.75, 3.05) is 7.11 Å². The van der Waals surface area contributed by atoms with Crippen molar-refractivity contribution in [2.24, 2.45) is 0 Å². The maximum absolute atomic E-state index is 10.9. The molecule has 13 heavy (non-hydrogen) atoms. The van der Waals surface area contributed by atoms with E-state index in [0.29, 0.717) is 12.3 Å². The molecule has 0 unspecified atom stereocenters. The first-order valence-electron chi connectivity index (χ1n) is 3.97. The number of methoxy groups -OCH3 is 1. The zero-order valence-corrected chi connectivity index (χ0v) is 8.17. The fraction of sp³-hybridized carbons (Fsp3) is 0.300. The fourth-order valence-corrected chi connectivity index (χ4v) is 1.16. The summed E-state index contributed by atoms with van der Waals surface area (Å²) in [7, 11) is 1.38. The molecule has 0 aliphatic heterocycles. The molecule has 1 aromatic rings. The molecule has 0 saturated heterocycles. The van der Waals surface area contributed by atoms with Crippen LogP contribution in [0.4, 0.5) is 0 Å². The molecule has 1 rings (SSSR count). The third kappa shape index (κ3) is 3.07. The van der Waals surface area contributed by atoms with Crippen LogP contribution in [-0.2, 0) is 21.8 Å². The van der Waals surface area contributed by atoms with Crippen molar-refractivity contribution in [1.29, 1.82) is 0 Å². The Morgan fingerprint density at radius 3 is 2.31 bits per heavy atom.